The maximum absolute atomic E-state index is 15.2. The van der Waals surface area contributed by atoms with Crippen LogP contribution in [0.4, 0.5) is 4.39 Å². The van der Waals surface area contributed by atoms with E-state index in [0.717, 1.165) is 16.8 Å². The molecule has 198 valence electrons. The van der Waals surface area contributed by atoms with Gasteiger partial charge in [0.25, 0.3) is 5.56 Å². The first-order valence-corrected chi connectivity index (χ1v) is 11.9. The zero-order chi connectivity index (χ0) is 27.2. The van der Waals surface area contributed by atoms with Crippen molar-refractivity contribution < 1.29 is 37.9 Å². The van der Waals surface area contributed by atoms with E-state index in [4.69, 9.17) is 24.3 Å². The van der Waals surface area contributed by atoms with Gasteiger partial charge in [-0.1, -0.05) is 22.0 Å². The molecule has 0 spiro atoms. The van der Waals surface area contributed by atoms with Gasteiger partial charge in [0.2, 0.25) is 11.5 Å². The molecule has 17 heteroatoms. The van der Waals surface area contributed by atoms with Gasteiger partial charge in [-0.25, -0.2) is 14.0 Å². The number of esters is 1. The number of azide groups is 1. The first kappa shape index (κ1) is 27.8. The lowest BCUT2D eigenvalue weighted by molar-refractivity contribution is -0.169. The average Bonchev–Trinajstić information content (AvgIpc) is 3.09. The number of hydrogen-bond donors (Lipinski definition) is 2. The van der Waals surface area contributed by atoms with Crippen molar-refractivity contribution in [3.05, 3.63) is 67.8 Å². The molecule has 6 atom stereocenters. The Kier molecular flexibility index (Phi) is 8.97. The van der Waals surface area contributed by atoms with Gasteiger partial charge in [-0.15, -0.1) is 0 Å². The average molecular weight is 540 g/mol. The maximum Gasteiger partial charge on any atom is 0.395 e. The number of benzene rings is 1. The summed E-state index contributed by atoms with van der Waals surface area (Å²) in [6, 6.07) is 5.62. The van der Waals surface area contributed by atoms with E-state index in [2.05, 4.69) is 14.8 Å². The highest BCUT2D eigenvalue weighted by Crippen LogP contribution is 2.41. The van der Waals surface area contributed by atoms with Crippen molar-refractivity contribution in [3.63, 3.8) is 0 Å². The lowest BCUT2D eigenvalue weighted by Crippen LogP contribution is -2.43. The van der Waals surface area contributed by atoms with Crippen molar-refractivity contribution >= 4 is 14.1 Å². The van der Waals surface area contributed by atoms with Crippen LogP contribution in [-0.2, 0) is 14.3 Å². The quantitative estimate of drug-likeness (QED) is 0.145. The third-order valence-electron chi connectivity index (χ3n) is 5.04. The first-order valence-electron chi connectivity index (χ1n) is 10.7. The number of carbonyl (C=O) groups excluding carboxylic acids is 1. The molecule has 2 N–H and O–H groups in total. The molecule has 37 heavy (non-hydrogen) atoms. The van der Waals surface area contributed by atoms with Crippen LogP contribution in [-0.4, -0.2) is 57.9 Å². The van der Waals surface area contributed by atoms with Crippen LogP contribution in [0.15, 0.2) is 56.0 Å². The van der Waals surface area contributed by atoms with Gasteiger partial charge in [0.15, 0.2) is 24.2 Å². The van der Waals surface area contributed by atoms with E-state index < -0.39 is 62.3 Å². The SMILES string of the molecule is CCOC(=O)[C@H](C)/N=[P+](\[O-])Oc1ccccc1OC[C@@]1(N=[N+]=[N-])O[C@@H](n2ccc(=O)[nH]c2=O)[C@H](O)[C@@H]1F. The van der Waals surface area contributed by atoms with Crippen molar-refractivity contribution in [2.45, 2.75) is 44.1 Å². The van der Waals surface area contributed by atoms with E-state index in [-0.39, 0.29) is 18.1 Å². The zero-order valence-corrected chi connectivity index (χ0v) is 20.4. The molecule has 0 amide bonds. The van der Waals surface area contributed by atoms with Crippen LogP contribution in [0.2, 0.25) is 0 Å². The third-order valence-corrected chi connectivity index (χ3v) is 5.93. The minimum Gasteiger partial charge on any atom is -0.575 e. The number of alkyl halides is 1. The Hall–Kier alpha value is -3.81. The molecule has 15 nitrogen and oxygen atoms in total. The lowest BCUT2D eigenvalue weighted by atomic mass is 10.1. The Morgan fingerprint density at radius 3 is 2.76 bits per heavy atom. The molecule has 1 unspecified atom stereocenters. The topological polar surface area (TPSA) is 213 Å². The molecule has 2 heterocycles. The fraction of sp³-hybridized carbons (Fsp3) is 0.450. The molecule has 1 fully saturated rings. The smallest absolute Gasteiger partial charge is 0.395 e. The number of H-pyrrole nitrogens is 1. The normalized spacial score (nSPS) is 24.1. The van der Waals surface area contributed by atoms with Crippen molar-refractivity contribution in [3.8, 4) is 11.5 Å². The van der Waals surface area contributed by atoms with Crippen molar-refractivity contribution in [2.24, 2.45) is 9.86 Å². The molecular weight excluding hydrogens is 518 g/mol. The van der Waals surface area contributed by atoms with Crippen LogP contribution in [0.25, 0.3) is 10.4 Å². The number of aromatic amines is 1. The van der Waals surface area contributed by atoms with Crippen LogP contribution >= 0.6 is 8.17 Å². The van der Waals surface area contributed by atoms with Gasteiger partial charge in [0.1, 0.15) is 12.7 Å². The van der Waals surface area contributed by atoms with Crippen LogP contribution in [0.1, 0.15) is 20.1 Å². The molecule has 1 saturated heterocycles. The minimum atomic E-state index is -2.76. The summed E-state index contributed by atoms with van der Waals surface area (Å²) in [5.41, 5.74) is 4.86. The number of nitrogens with one attached hydrogen (secondary N) is 1. The third kappa shape index (κ3) is 6.31. The number of ether oxygens (including phenoxy) is 3. The van der Waals surface area contributed by atoms with Crippen molar-refractivity contribution in [1.29, 1.82) is 0 Å². The summed E-state index contributed by atoms with van der Waals surface area (Å²) in [6.45, 7) is 2.28. The summed E-state index contributed by atoms with van der Waals surface area (Å²) < 4.78 is 40.7. The lowest BCUT2D eigenvalue weighted by Gasteiger charge is -2.25. The number of nitrogens with zero attached hydrogens (tertiary/aromatic N) is 5. The summed E-state index contributed by atoms with van der Waals surface area (Å²) in [4.78, 5) is 52.0. The van der Waals surface area contributed by atoms with Gasteiger partial charge in [-0.05, 0) is 31.5 Å². The summed E-state index contributed by atoms with van der Waals surface area (Å²) in [6.07, 6.45) is -5.04. The van der Waals surface area contributed by atoms with Gasteiger partial charge in [0, 0.05) is 17.2 Å². The number of carbonyl (C=O) groups is 1. The van der Waals surface area contributed by atoms with E-state index in [9.17, 15) is 24.4 Å². The number of rotatable bonds is 10. The van der Waals surface area contributed by atoms with Crippen LogP contribution < -0.4 is 25.4 Å². The Morgan fingerprint density at radius 1 is 1.41 bits per heavy atom. The Labute approximate surface area is 208 Å². The number of para-hydroxylation sites is 2. The van der Waals surface area contributed by atoms with Gasteiger partial charge in [0.05, 0.1) is 6.61 Å². The van der Waals surface area contributed by atoms with E-state index >= 15 is 4.39 Å². The van der Waals surface area contributed by atoms with E-state index in [0.29, 0.717) is 0 Å². The largest absolute Gasteiger partial charge is 0.575 e. The molecule has 1 aliphatic heterocycles. The van der Waals surface area contributed by atoms with Crippen molar-refractivity contribution in [1.82, 2.24) is 9.55 Å². The minimum absolute atomic E-state index is 0.0905. The molecule has 0 bridgehead atoms. The van der Waals surface area contributed by atoms with Gasteiger partial charge in [-0.2, -0.15) is 0 Å². The standard InChI is InChI=1S/C20H22FN6O9P/c1-3-33-18(30)11(2)24-37(32)36-13-7-5-4-6-12(13)34-10-20(25-26-22)16(21)15(29)17(35-20)27-9-8-14(28)23-19(27)31/h4-9,11,15-17,29H,3,10H2,1-2H3,(H,23,28,31)/t11-,15+,16-,17+,20+/m0/s1. The van der Waals surface area contributed by atoms with Crippen LogP contribution in [0.3, 0.4) is 0 Å². The number of halogens is 1. The zero-order valence-electron chi connectivity index (χ0n) is 19.5. The second-order valence-corrected chi connectivity index (χ2v) is 8.45. The molecule has 0 saturated carbocycles. The number of hydrogen-bond acceptors (Lipinski definition) is 11. The molecule has 1 aromatic heterocycles. The van der Waals surface area contributed by atoms with E-state index in [1.165, 1.54) is 31.2 Å². The summed E-state index contributed by atoms with van der Waals surface area (Å²) in [5, 5.41) is 13.7. The number of aliphatic hydroxyl groups excluding tert-OH is 1. The second-order valence-electron chi connectivity index (χ2n) is 7.56. The number of aliphatic hydroxyl groups is 1. The highest BCUT2D eigenvalue weighted by atomic mass is 31.1. The second kappa shape index (κ2) is 12.0. The summed E-state index contributed by atoms with van der Waals surface area (Å²) >= 11 is 0. The number of aromatic nitrogens is 2. The summed E-state index contributed by atoms with van der Waals surface area (Å²) in [5.74, 6) is -0.897. The molecule has 3 rings (SSSR count). The highest BCUT2D eigenvalue weighted by molar-refractivity contribution is 7.34. The fourth-order valence-corrected chi connectivity index (χ4v) is 4.03. The molecule has 0 aliphatic carbocycles. The molecule has 2 aromatic rings. The van der Waals surface area contributed by atoms with Gasteiger partial charge in [-0.3, -0.25) is 18.9 Å². The molecule has 1 aromatic carbocycles. The molecule has 0 radical (unpaired) electrons. The predicted octanol–water partition coefficient (Wildman–Crippen LogP) is 1.04. The van der Waals surface area contributed by atoms with Crippen LogP contribution in [0.5, 0.6) is 11.5 Å². The highest BCUT2D eigenvalue weighted by Gasteiger charge is 2.57. The molecular formula is C20H22FN6O9P. The predicted molar refractivity (Wildman–Crippen MR) is 122 cm³/mol. The molecule has 1 aliphatic rings. The summed E-state index contributed by atoms with van der Waals surface area (Å²) in [7, 11) is -2.76. The fourth-order valence-electron chi connectivity index (χ4n) is 3.29. The van der Waals surface area contributed by atoms with E-state index in [1.807, 2.05) is 4.98 Å². The van der Waals surface area contributed by atoms with Gasteiger partial charge < -0.3 is 24.2 Å². The van der Waals surface area contributed by atoms with Crippen molar-refractivity contribution in [2.75, 3.05) is 13.2 Å². The Morgan fingerprint density at radius 2 is 2.11 bits per heavy atom. The first-order chi connectivity index (χ1) is 17.6. The van der Waals surface area contributed by atoms with E-state index in [1.54, 1.807) is 6.92 Å². The van der Waals surface area contributed by atoms with Gasteiger partial charge >= 0.3 is 19.8 Å². The Bertz CT molecular complexity index is 1330. The maximum atomic E-state index is 15.2. The monoisotopic (exact) mass is 540 g/mol. The Balaban J connectivity index is 1.82. The van der Waals surface area contributed by atoms with Crippen LogP contribution in [0, 0.1) is 0 Å².